The molecule has 1 fully saturated rings. The zero-order valence-corrected chi connectivity index (χ0v) is 11.0. The first-order valence-electron chi connectivity index (χ1n) is 6.40. The van der Waals surface area contributed by atoms with Crippen molar-refractivity contribution in [2.45, 2.75) is 37.6 Å². The zero-order chi connectivity index (χ0) is 15.6. The normalized spacial score (nSPS) is 17.0. The van der Waals surface area contributed by atoms with E-state index in [0.717, 1.165) is 0 Å². The number of halogens is 2. The lowest BCUT2D eigenvalue weighted by Crippen LogP contribution is -2.44. The van der Waals surface area contributed by atoms with Crippen LogP contribution in [0, 0.1) is 10.1 Å². The molecule has 0 radical (unpaired) electrons. The zero-order valence-electron chi connectivity index (χ0n) is 11.0. The van der Waals surface area contributed by atoms with Crippen molar-refractivity contribution in [3.8, 4) is 0 Å². The molecule has 0 saturated heterocycles. The average molecular weight is 300 g/mol. The topological polar surface area (TPSA) is 92.5 Å². The van der Waals surface area contributed by atoms with Crippen LogP contribution in [0.25, 0.3) is 0 Å². The van der Waals surface area contributed by atoms with Crippen LogP contribution in [0.4, 0.5) is 20.2 Å². The van der Waals surface area contributed by atoms with Crippen molar-refractivity contribution in [2.75, 3.05) is 5.32 Å². The minimum absolute atomic E-state index is 0.0997. The monoisotopic (exact) mass is 300 g/mol. The highest BCUT2D eigenvalue weighted by Crippen LogP contribution is 2.39. The number of carboxylic acids is 1. The maximum atomic E-state index is 12.8. The number of hydrogen-bond donors (Lipinski definition) is 2. The molecule has 0 unspecified atom stereocenters. The lowest BCUT2D eigenvalue weighted by Gasteiger charge is -2.36. The number of nitro groups is 1. The van der Waals surface area contributed by atoms with Crippen molar-refractivity contribution in [2.24, 2.45) is 0 Å². The van der Waals surface area contributed by atoms with Crippen LogP contribution in [-0.2, 0) is 11.2 Å². The van der Waals surface area contributed by atoms with Gasteiger partial charge in [-0.3, -0.25) is 14.9 Å². The van der Waals surface area contributed by atoms with E-state index in [-0.39, 0.29) is 31.4 Å². The highest BCUT2D eigenvalue weighted by molar-refractivity contribution is 5.68. The van der Waals surface area contributed by atoms with Crippen molar-refractivity contribution in [3.63, 3.8) is 0 Å². The number of alkyl halides is 2. The maximum Gasteiger partial charge on any atom is 0.303 e. The fourth-order valence-electron chi connectivity index (χ4n) is 2.27. The number of carbonyl (C=O) groups is 1. The molecule has 1 aromatic carbocycles. The van der Waals surface area contributed by atoms with Gasteiger partial charge >= 0.3 is 5.97 Å². The van der Waals surface area contributed by atoms with Crippen LogP contribution in [-0.4, -0.2) is 28.0 Å². The molecule has 0 amide bonds. The minimum atomic E-state index is -2.67. The van der Waals surface area contributed by atoms with E-state index in [9.17, 15) is 23.7 Å². The Morgan fingerprint density at radius 3 is 2.67 bits per heavy atom. The number of non-ortho nitro benzene ring substituents is 1. The fraction of sp³-hybridized carbons (Fsp3) is 0.462. The third-order valence-corrected chi connectivity index (χ3v) is 3.36. The molecule has 1 aromatic rings. The van der Waals surface area contributed by atoms with Crippen molar-refractivity contribution >= 4 is 17.3 Å². The number of aryl methyl sites for hydroxylation is 1. The van der Waals surface area contributed by atoms with Gasteiger partial charge in [0.1, 0.15) is 0 Å². The highest BCUT2D eigenvalue weighted by atomic mass is 19.3. The van der Waals surface area contributed by atoms with Gasteiger partial charge in [-0.25, -0.2) is 8.78 Å². The van der Waals surface area contributed by atoms with Gasteiger partial charge in [-0.2, -0.15) is 0 Å². The second-order valence-corrected chi connectivity index (χ2v) is 5.10. The summed E-state index contributed by atoms with van der Waals surface area (Å²) >= 11 is 0. The van der Waals surface area contributed by atoms with Crippen LogP contribution in [0.1, 0.15) is 24.8 Å². The Morgan fingerprint density at radius 1 is 1.48 bits per heavy atom. The van der Waals surface area contributed by atoms with E-state index in [1.54, 1.807) is 0 Å². The van der Waals surface area contributed by atoms with Crippen LogP contribution >= 0.6 is 0 Å². The van der Waals surface area contributed by atoms with E-state index >= 15 is 0 Å². The van der Waals surface area contributed by atoms with Gasteiger partial charge in [0, 0.05) is 43.1 Å². The summed E-state index contributed by atoms with van der Waals surface area (Å²) in [4.78, 5) is 20.8. The number of nitrogens with one attached hydrogen (secondary N) is 1. The standard InChI is InChI=1S/C13H14F2N2O4/c14-13(15)6-9(7-13)16-11-3-2-10(17(20)21)5-8(11)1-4-12(18)19/h2-3,5,9,16H,1,4,6-7H2,(H,18,19). The molecule has 21 heavy (non-hydrogen) atoms. The van der Waals surface area contributed by atoms with Gasteiger partial charge in [-0.15, -0.1) is 0 Å². The lowest BCUT2D eigenvalue weighted by molar-refractivity contribution is -0.384. The molecular weight excluding hydrogens is 286 g/mol. The van der Waals surface area contributed by atoms with E-state index in [2.05, 4.69) is 5.32 Å². The molecule has 8 heteroatoms. The van der Waals surface area contributed by atoms with E-state index in [4.69, 9.17) is 5.11 Å². The van der Waals surface area contributed by atoms with E-state index in [0.29, 0.717) is 11.3 Å². The molecule has 1 aliphatic carbocycles. The third kappa shape index (κ3) is 3.87. The summed E-state index contributed by atoms with van der Waals surface area (Å²) in [5.41, 5.74) is 0.768. The maximum absolute atomic E-state index is 12.8. The summed E-state index contributed by atoms with van der Waals surface area (Å²) in [5, 5.41) is 22.3. The van der Waals surface area contributed by atoms with Gasteiger partial charge in [0.15, 0.2) is 0 Å². The quantitative estimate of drug-likeness (QED) is 0.622. The first kappa shape index (κ1) is 15.1. The second kappa shape index (κ2) is 5.63. The molecule has 0 bridgehead atoms. The summed E-state index contributed by atoms with van der Waals surface area (Å²) in [6.45, 7) is 0. The third-order valence-electron chi connectivity index (χ3n) is 3.36. The molecule has 114 valence electrons. The number of anilines is 1. The number of rotatable bonds is 6. The Bertz CT molecular complexity index is 569. The van der Waals surface area contributed by atoms with Crippen molar-refractivity contribution in [1.82, 2.24) is 0 Å². The molecule has 0 aromatic heterocycles. The molecule has 2 rings (SSSR count). The number of benzene rings is 1. The molecule has 1 saturated carbocycles. The predicted octanol–water partition coefficient (Wildman–Crippen LogP) is 2.82. The summed E-state index contributed by atoms with van der Waals surface area (Å²) in [7, 11) is 0. The van der Waals surface area contributed by atoms with Gasteiger partial charge in [-0.05, 0) is 18.1 Å². The van der Waals surface area contributed by atoms with Gasteiger partial charge in [-0.1, -0.05) is 0 Å². The number of nitro benzene ring substituents is 1. The second-order valence-electron chi connectivity index (χ2n) is 5.10. The minimum Gasteiger partial charge on any atom is -0.481 e. The van der Waals surface area contributed by atoms with Crippen LogP contribution < -0.4 is 5.32 Å². The molecule has 0 heterocycles. The molecule has 1 aliphatic rings. The van der Waals surface area contributed by atoms with Crippen molar-refractivity contribution in [3.05, 3.63) is 33.9 Å². The number of aliphatic carboxylic acids is 1. The molecule has 2 N–H and O–H groups in total. The number of carboxylic acid groups (broad SMARTS) is 1. The van der Waals surface area contributed by atoms with Crippen LogP contribution in [0.15, 0.2) is 18.2 Å². The van der Waals surface area contributed by atoms with E-state index in [1.807, 2.05) is 0 Å². The first-order valence-corrected chi connectivity index (χ1v) is 6.40. The Balaban J connectivity index is 2.14. The summed E-state index contributed by atoms with van der Waals surface area (Å²) in [6, 6.07) is 3.59. The largest absolute Gasteiger partial charge is 0.481 e. The van der Waals surface area contributed by atoms with Crippen LogP contribution in [0.3, 0.4) is 0 Å². The predicted molar refractivity (Wildman–Crippen MR) is 70.6 cm³/mol. The average Bonchev–Trinajstić information content (AvgIpc) is 2.34. The van der Waals surface area contributed by atoms with Crippen molar-refractivity contribution < 1.29 is 23.6 Å². The van der Waals surface area contributed by atoms with Gasteiger partial charge in [0.2, 0.25) is 0 Å². The molecule has 0 aliphatic heterocycles. The number of hydrogen-bond acceptors (Lipinski definition) is 4. The smallest absolute Gasteiger partial charge is 0.303 e. The fourth-order valence-corrected chi connectivity index (χ4v) is 2.27. The Kier molecular flexibility index (Phi) is 4.06. The first-order chi connectivity index (χ1) is 9.77. The van der Waals surface area contributed by atoms with E-state index in [1.165, 1.54) is 18.2 Å². The Morgan fingerprint density at radius 2 is 2.14 bits per heavy atom. The van der Waals surface area contributed by atoms with Crippen LogP contribution in [0.2, 0.25) is 0 Å². The highest BCUT2D eigenvalue weighted by Gasteiger charge is 2.45. The molecule has 6 nitrogen and oxygen atoms in total. The summed E-state index contributed by atoms with van der Waals surface area (Å²) in [6.07, 6.45) is -0.663. The lowest BCUT2D eigenvalue weighted by atomic mass is 9.87. The Hall–Kier alpha value is -2.25. The SMILES string of the molecule is O=C(O)CCc1cc([N+](=O)[O-])ccc1NC1CC(F)(F)C1. The molecule has 0 atom stereocenters. The van der Waals surface area contributed by atoms with Crippen molar-refractivity contribution in [1.29, 1.82) is 0 Å². The summed E-state index contributed by atoms with van der Waals surface area (Å²) < 4.78 is 25.6. The van der Waals surface area contributed by atoms with E-state index < -0.39 is 22.9 Å². The van der Waals surface area contributed by atoms with Gasteiger partial charge in [0.05, 0.1) is 4.92 Å². The molecule has 0 spiro atoms. The number of nitrogens with zero attached hydrogens (tertiary/aromatic N) is 1. The summed E-state index contributed by atoms with van der Waals surface area (Å²) in [5.74, 6) is -3.69. The van der Waals surface area contributed by atoms with Gasteiger partial charge in [0.25, 0.3) is 11.6 Å². The Labute approximate surface area is 118 Å². The molecular formula is C13H14F2N2O4. The van der Waals surface area contributed by atoms with Gasteiger partial charge < -0.3 is 10.4 Å². The van der Waals surface area contributed by atoms with Crippen LogP contribution in [0.5, 0.6) is 0 Å².